The summed E-state index contributed by atoms with van der Waals surface area (Å²) in [5.74, 6) is 0. The van der Waals surface area contributed by atoms with Gasteiger partial charge in [0.1, 0.15) is 11.2 Å². The molecule has 0 N–H and O–H groups in total. The maximum absolute atomic E-state index is 6.49. The van der Waals surface area contributed by atoms with E-state index in [0.29, 0.717) is 0 Å². The molecule has 3 heteroatoms. The molecule has 0 spiro atoms. The summed E-state index contributed by atoms with van der Waals surface area (Å²) < 4.78 is 6.49. The lowest BCUT2D eigenvalue weighted by Gasteiger charge is -2.27. The van der Waals surface area contributed by atoms with Crippen LogP contribution >= 0.6 is 0 Å². The Morgan fingerprint density at radius 2 is 0.960 bits per heavy atom. The highest BCUT2D eigenvalue weighted by Gasteiger charge is 2.22. The summed E-state index contributed by atoms with van der Waals surface area (Å²) in [6.07, 6.45) is 1.87. The van der Waals surface area contributed by atoms with Gasteiger partial charge in [0, 0.05) is 33.7 Å². The van der Waals surface area contributed by atoms with E-state index in [-0.39, 0.29) is 0 Å². The van der Waals surface area contributed by atoms with Crippen molar-refractivity contribution >= 4 is 71.4 Å². The van der Waals surface area contributed by atoms with Crippen LogP contribution in [0.25, 0.3) is 76.6 Å². The highest BCUT2D eigenvalue weighted by atomic mass is 16.3. The molecule has 0 amide bonds. The van der Waals surface area contributed by atoms with Crippen molar-refractivity contribution in [2.45, 2.75) is 0 Å². The standard InChI is InChI=1S/C47H30N2O/c1-3-20-37-31(12-1)14-9-23-39(37)33-16-7-18-35(28-33)49(36-19-8-17-34(29-36)40-24-10-15-32-13-2-4-21-38(32)40)44-30-43-41-22-5-6-26-45(41)50-47(43)42-25-11-27-48-46(42)44/h1-30H. The van der Waals surface area contributed by atoms with Crippen molar-refractivity contribution in [2.24, 2.45) is 0 Å². The topological polar surface area (TPSA) is 29.3 Å². The number of hydrogen-bond acceptors (Lipinski definition) is 3. The first kappa shape index (κ1) is 28.3. The van der Waals surface area contributed by atoms with Gasteiger partial charge in [0.15, 0.2) is 0 Å². The van der Waals surface area contributed by atoms with Crippen molar-refractivity contribution in [3.63, 3.8) is 0 Å². The minimum atomic E-state index is 0.854. The molecule has 10 aromatic rings. The highest BCUT2D eigenvalue weighted by molar-refractivity contribution is 6.18. The molecule has 0 fully saturated rings. The van der Waals surface area contributed by atoms with Gasteiger partial charge < -0.3 is 9.32 Å². The van der Waals surface area contributed by atoms with Crippen molar-refractivity contribution in [1.82, 2.24) is 4.98 Å². The minimum Gasteiger partial charge on any atom is -0.455 e. The highest BCUT2D eigenvalue weighted by Crippen LogP contribution is 2.45. The summed E-state index contributed by atoms with van der Waals surface area (Å²) in [6.45, 7) is 0. The van der Waals surface area contributed by atoms with Gasteiger partial charge in [0.25, 0.3) is 0 Å². The molecule has 0 aliphatic rings. The van der Waals surface area contributed by atoms with E-state index in [1.165, 1.54) is 32.7 Å². The number of para-hydroxylation sites is 1. The van der Waals surface area contributed by atoms with Crippen molar-refractivity contribution in [3.8, 4) is 22.3 Å². The number of rotatable bonds is 5. The first-order chi connectivity index (χ1) is 24.8. The van der Waals surface area contributed by atoms with Gasteiger partial charge >= 0.3 is 0 Å². The van der Waals surface area contributed by atoms with Gasteiger partial charge in [-0.15, -0.1) is 0 Å². The van der Waals surface area contributed by atoms with Crippen LogP contribution in [0.2, 0.25) is 0 Å². The molecule has 0 aliphatic heterocycles. The van der Waals surface area contributed by atoms with Gasteiger partial charge in [-0.2, -0.15) is 0 Å². The molecule has 0 bridgehead atoms. The molecule has 2 aromatic heterocycles. The first-order valence-electron chi connectivity index (χ1n) is 17.0. The molecule has 8 aromatic carbocycles. The number of benzene rings is 8. The number of furan rings is 1. The van der Waals surface area contributed by atoms with E-state index < -0.39 is 0 Å². The Balaban J connectivity index is 1.26. The van der Waals surface area contributed by atoms with Crippen molar-refractivity contribution in [1.29, 1.82) is 0 Å². The van der Waals surface area contributed by atoms with E-state index in [4.69, 9.17) is 9.40 Å². The summed E-state index contributed by atoms with van der Waals surface area (Å²) in [5, 5.41) is 8.05. The fourth-order valence-corrected chi connectivity index (χ4v) is 7.58. The molecule has 0 radical (unpaired) electrons. The van der Waals surface area contributed by atoms with Gasteiger partial charge in [-0.25, -0.2) is 0 Å². The number of pyridine rings is 1. The number of nitrogens with zero attached hydrogens (tertiary/aromatic N) is 2. The monoisotopic (exact) mass is 638 g/mol. The van der Waals surface area contributed by atoms with Crippen molar-refractivity contribution in [2.75, 3.05) is 4.90 Å². The molecule has 2 heterocycles. The smallest absolute Gasteiger partial charge is 0.144 e. The number of anilines is 3. The fraction of sp³-hybridized carbons (Fsp3) is 0. The van der Waals surface area contributed by atoms with Crippen LogP contribution in [0.5, 0.6) is 0 Å². The Morgan fingerprint density at radius 1 is 0.420 bits per heavy atom. The van der Waals surface area contributed by atoms with Crippen molar-refractivity contribution in [3.05, 3.63) is 182 Å². The maximum Gasteiger partial charge on any atom is 0.144 e. The van der Waals surface area contributed by atoms with E-state index in [2.05, 4.69) is 163 Å². The third kappa shape index (κ3) is 4.56. The van der Waals surface area contributed by atoms with Crippen LogP contribution in [-0.2, 0) is 0 Å². The molecular weight excluding hydrogens is 609 g/mol. The molecule has 10 rings (SSSR count). The summed E-state index contributed by atoms with van der Waals surface area (Å²) in [4.78, 5) is 7.38. The molecule has 0 aliphatic carbocycles. The maximum atomic E-state index is 6.49. The lowest BCUT2D eigenvalue weighted by Crippen LogP contribution is -2.11. The Labute approximate surface area is 289 Å². The second-order valence-electron chi connectivity index (χ2n) is 12.8. The van der Waals surface area contributed by atoms with Crippen LogP contribution < -0.4 is 4.90 Å². The molecule has 0 saturated heterocycles. The van der Waals surface area contributed by atoms with Crippen LogP contribution in [0.3, 0.4) is 0 Å². The Bertz CT molecular complexity index is 2770. The van der Waals surface area contributed by atoms with Gasteiger partial charge in [0.2, 0.25) is 0 Å². The lowest BCUT2D eigenvalue weighted by atomic mass is 9.96. The van der Waals surface area contributed by atoms with Crippen LogP contribution in [-0.4, -0.2) is 4.98 Å². The molecule has 3 nitrogen and oxygen atoms in total. The van der Waals surface area contributed by atoms with Crippen LogP contribution in [0, 0.1) is 0 Å². The molecule has 234 valence electrons. The SMILES string of the molecule is c1cc(-c2cccc3ccccc23)cc(N(c2cccc(-c3cccc4ccccc34)c2)c2cc3c4ccccc4oc3c3cccnc23)c1. The summed E-state index contributed by atoms with van der Waals surface area (Å²) >= 11 is 0. The molecule has 0 saturated carbocycles. The summed E-state index contributed by atoms with van der Waals surface area (Å²) in [6, 6.07) is 62.7. The van der Waals surface area contributed by atoms with E-state index >= 15 is 0 Å². The van der Waals surface area contributed by atoms with Gasteiger partial charge in [0.05, 0.1) is 11.2 Å². The van der Waals surface area contributed by atoms with E-state index in [1.807, 2.05) is 24.4 Å². The first-order valence-corrected chi connectivity index (χ1v) is 17.0. The molecule has 0 unspecified atom stereocenters. The Kier molecular flexibility index (Phi) is 6.49. The normalized spacial score (nSPS) is 11.6. The van der Waals surface area contributed by atoms with E-state index in [1.54, 1.807) is 0 Å². The Hall–Kier alpha value is -6.71. The van der Waals surface area contributed by atoms with Gasteiger partial charge in [-0.05, 0) is 92.3 Å². The van der Waals surface area contributed by atoms with Crippen LogP contribution in [0.1, 0.15) is 0 Å². The average Bonchev–Trinajstić information content (AvgIpc) is 3.57. The predicted molar refractivity (Wildman–Crippen MR) is 210 cm³/mol. The fourth-order valence-electron chi connectivity index (χ4n) is 7.58. The van der Waals surface area contributed by atoms with Crippen molar-refractivity contribution < 1.29 is 4.42 Å². The Morgan fingerprint density at radius 3 is 1.62 bits per heavy atom. The van der Waals surface area contributed by atoms with Crippen LogP contribution in [0.4, 0.5) is 17.1 Å². The van der Waals surface area contributed by atoms with Crippen LogP contribution in [0.15, 0.2) is 187 Å². The summed E-state index contributed by atoms with van der Waals surface area (Å²) in [5.41, 5.74) is 10.4. The lowest BCUT2D eigenvalue weighted by molar-refractivity contribution is 0.672. The predicted octanol–water partition coefficient (Wildman–Crippen LogP) is 13.2. The van der Waals surface area contributed by atoms with Gasteiger partial charge in [-0.3, -0.25) is 4.98 Å². The largest absolute Gasteiger partial charge is 0.455 e. The average molecular weight is 639 g/mol. The zero-order chi connectivity index (χ0) is 33.0. The number of aromatic nitrogens is 1. The number of fused-ring (bicyclic) bond motifs is 7. The van der Waals surface area contributed by atoms with E-state index in [9.17, 15) is 0 Å². The summed E-state index contributed by atoms with van der Waals surface area (Å²) in [7, 11) is 0. The molecule has 50 heavy (non-hydrogen) atoms. The molecule has 0 atom stereocenters. The van der Waals surface area contributed by atoms with Gasteiger partial charge in [-0.1, -0.05) is 127 Å². The third-order valence-corrected chi connectivity index (χ3v) is 9.86. The quantitative estimate of drug-likeness (QED) is 0.188. The zero-order valence-corrected chi connectivity index (χ0v) is 27.1. The third-order valence-electron chi connectivity index (χ3n) is 9.86. The van der Waals surface area contributed by atoms with E-state index in [0.717, 1.165) is 61.0 Å². The second kappa shape index (κ2) is 11.5. The molecular formula is C47H30N2O. The zero-order valence-electron chi connectivity index (χ0n) is 27.1. The second-order valence-corrected chi connectivity index (χ2v) is 12.8. The minimum absolute atomic E-state index is 0.854. The number of hydrogen-bond donors (Lipinski definition) is 0.